The van der Waals surface area contributed by atoms with Gasteiger partial charge in [0.15, 0.2) is 0 Å². The fraction of sp³-hybridized carbons (Fsp3) is 0.719. The number of rotatable bonds is 7. The second-order valence-electron chi connectivity index (χ2n) is 13.8. The molecule has 3 amide bonds. The van der Waals surface area contributed by atoms with E-state index in [9.17, 15) is 18.8 Å². The fourth-order valence-electron chi connectivity index (χ4n) is 7.48. The lowest BCUT2D eigenvalue weighted by molar-refractivity contribution is -0.148. The maximum atomic E-state index is 14.0. The molecule has 0 spiro atoms. The summed E-state index contributed by atoms with van der Waals surface area (Å²) in [6.07, 6.45) is 7.21. The Bertz CT molecular complexity index is 1080. The largest absolute Gasteiger partial charge is 0.351 e. The van der Waals surface area contributed by atoms with Crippen molar-refractivity contribution in [2.45, 2.75) is 89.8 Å². The van der Waals surface area contributed by atoms with Crippen molar-refractivity contribution < 1.29 is 18.8 Å². The van der Waals surface area contributed by atoms with Gasteiger partial charge in [0.25, 0.3) is 0 Å². The van der Waals surface area contributed by atoms with Crippen LogP contribution in [0.25, 0.3) is 0 Å². The summed E-state index contributed by atoms with van der Waals surface area (Å²) in [6.45, 7) is 11.4. The van der Waals surface area contributed by atoms with Gasteiger partial charge in [0.1, 0.15) is 17.9 Å². The van der Waals surface area contributed by atoms with Crippen LogP contribution in [-0.2, 0) is 20.8 Å². The van der Waals surface area contributed by atoms with Gasteiger partial charge in [-0.1, -0.05) is 31.4 Å². The summed E-state index contributed by atoms with van der Waals surface area (Å²) in [7, 11) is 0. The number of hydrogen-bond acceptors (Lipinski definition) is 5. The van der Waals surface area contributed by atoms with E-state index in [-0.39, 0.29) is 35.1 Å². The maximum Gasteiger partial charge on any atom is 0.245 e. The van der Waals surface area contributed by atoms with Gasteiger partial charge < -0.3 is 15.5 Å². The molecule has 226 valence electrons. The minimum absolute atomic E-state index is 0.118. The first kappa shape index (κ1) is 30.0. The molecule has 8 nitrogen and oxygen atoms in total. The van der Waals surface area contributed by atoms with E-state index in [4.69, 9.17) is 0 Å². The van der Waals surface area contributed by atoms with Crippen molar-refractivity contribution in [2.24, 2.45) is 11.3 Å². The molecule has 4 heterocycles. The molecule has 5 aliphatic rings. The highest BCUT2D eigenvalue weighted by Gasteiger charge is 2.49. The number of amides is 3. The third-order valence-electron chi connectivity index (χ3n) is 9.84. The van der Waals surface area contributed by atoms with Crippen molar-refractivity contribution in [3.8, 4) is 0 Å². The van der Waals surface area contributed by atoms with Gasteiger partial charge in [-0.25, -0.2) is 4.39 Å². The van der Waals surface area contributed by atoms with E-state index in [1.807, 2.05) is 25.7 Å². The zero-order valence-electron chi connectivity index (χ0n) is 25.1. The molecule has 4 aliphatic heterocycles. The lowest BCUT2D eigenvalue weighted by Crippen LogP contribution is -2.66. The number of benzene rings is 1. The lowest BCUT2D eigenvalue weighted by atomic mass is 9.63. The van der Waals surface area contributed by atoms with Crippen molar-refractivity contribution in [1.82, 2.24) is 25.3 Å². The molecule has 4 saturated heterocycles. The first-order chi connectivity index (χ1) is 19.5. The quantitative estimate of drug-likeness (QED) is 0.528. The third-order valence-corrected chi connectivity index (χ3v) is 9.84. The number of piperazine rings is 3. The molecule has 1 aromatic rings. The topological polar surface area (TPSA) is 85.0 Å². The van der Waals surface area contributed by atoms with Crippen LogP contribution < -0.4 is 10.6 Å². The Hall–Kier alpha value is -2.52. The van der Waals surface area contributed by atoms with Crippen LogP contribution in [-0.4, -0.2) is 95.9 Å². The average Bonchev–Trinajstić information content (AvgIpc) is 2.97. The highest BCUT2D eigenvalue weighted by atomic mass is 19.1. The monoisotopic (exact) mass is 569 g/mol. The predicted molar refractivity (Wildman–Crippen MR) is 157 cm³/mol. The molecule has 9 heteroatoms. The molecular formula is C32H48FN5O3. The fourth-order valence-corrected chi connectivity index (χ4v) is 7.48. The van der Waals surface area contributed by atoms with Gasteiger partial charge >= 0.3 is 0 Å². The summed E-state index contributed by atoms with van der Waals surface area (Å²) in [4.78, 5) is 47.7. The standard InChI is InChI=1S/C32H48FN5O3/c1-31(2,3)35-30(41)32(24-7-5-4-6-8-24)13-15-38(16-14-32)29(40)26(21-23-9-11-25(33)12-10-23)34-28(39)27-22-36-17-19-37(27)20-18-36/h9-12,24,26-27H,4-8,13-22H2,1-3H3,(H,34,39)(H,35,41)/t26-,27?/m1/s1. The number of piperidine rings is 1. The van der Waals surface area contributed by atoms with Crippen molar-refractivity contribution in [3.63, 3.8) is 0 Å². The molecule has 2 bridgehead atoms. The molecular weight excluding hydrogens is 521 g/mol. The van der Waals surface area contributed by atoms with E-state index < -0.39 is 11.5 Å². The van der Waals surface area contributed by atoms with Crippen LogP contribution in [0, 0.1) is 17.2 Å². The van der Waals surface area contributed by atoms with Crippen molar-refractivity contribution >= 4 is 17.7 Å². The summed E-state index contributed by atoms with van der Waals surface area (Å²) >= 11 is 0. The van der Waals surface area contributed by atoms with Gasteiger partial charge in [-0.3, -0.25) is 24.2 Å². The summed E-state index contributed by atoms with van der Waals surface area (Å²) in [6, 6.07) is 5.15. The molecule has 1 aliphatic carbocycles. The van der Waals surface area contributed by atoms with Crippen LogP contribution in [0.1, 0.15) is 71.3 Å². The smallest absolute Gasteiger partial charge is 0.245 e. The van der Waals surface area contributed by atoms with Gasteiger partial charge in [0.2, 0.25) is 17.7 Å². The Kier molecular flexibility index (Phi) is 9.04. The minimum atomic E-state index is -0.741. The highest BCUT2D eigenvalue weighted by molar-refractivity contribution is 5.91. The predicted octanol–water partition coefficient (Wildman–Crippen LogP) is 2.96. The zero-order valence-corrected chi connectivity index (χ0v) is 25.1. The summed E-state index contributed by atoms with van der Waals surface area (Å²) in [5.41, 5.74) is 0.0161. The lowest BCUT2D eigenvalue weighted by Gasteiger charge is -2.48. The molecule has 1 aromatic carbocycles. The van der Waals surface area contributed by atoms with E-state index >= 15 is 0 Å². The SMILES string of the molecule is CC(C)(C)NC(=O)C1(C2CCCCC2)CCN(C(=O)[C@@H](Cc2ccc(F)cc2)NC(=O)C2CN3CCN2CC3)CC1. The Balaban J connectivity index is 1.31. The number of likely N-dealkylation sites (tertiary alicyclic amines) is 1. The van der Waals surface area contributed by atoms with E-state index in [1.165, 1.54) is 18.6 Å². The van der Waals surface area contributed by atoms with Gasteiger partial charge in [-0.15, -0.1) is 0 Å². The Morgan fingerprint density at radius 3 is 2.15 bits per heavy atom. The Labute approximate surface area is 244 Å². The molecule has 1 unspecified atom stereocenters. The number of hydrogen-bond donors (Lipinski definition) is 2. The molecule has 5 fully saturated rings. The average molecular weight is 570 g/mol. The molecule has 6 rings (SSSR count). The molecule has 1 saturated carbocycles. The first-order valence-corrected chi connectivity index (χ1v) is 15.7. The van der Waals surface area contributed by atoms with Crippen LogP contribution in [0.3, 0.4) is 0 Å². The summed E-state index contributed by atoms with van der Waals surface area (Å²) < 4.78 is 13.6. The van der Waals surface area contributed by atoms with Crippen molar-refractivity contribution in [2.75, 3.05) is 45.8 Å². The summed E-state index contributed by atoms with van der Waals surface area (Å²) in [5, 5.41) is 6.37. The number of nitrogens with one attached hydrogen (secondary N) is 2. The van der Waals surface area contributed by atoms with E-state index in [2.05, 4.69) is 20.4 Å². The van der Waals surface area contributed by atoms with Gasteiger partial charge in [0.05, 0.1) is 5.41 Å². The Morgan fingerprint density at radius 1 is 0.951 bits per heavy atom. The van der Waals surface area contributed by atoms with E-state index in [0.29, 0.717) is 44.8 Å². The second-order valence-corrected chi connectivity index (χ2v) is 13.8. The zero-order chi connectivity index (χ0) is 29.2. The molecule has 0 aromatic heterocycles. The molecule has 2 N–H and O–H groups in total. The number of nitrogens with zero attached hydrogens (tertiary/aromatic N) is 3. The van der Waals surface area contributed by atoms with Gasteiger partial charge in [-0.2, -0.15) is 0 Å². The van der Waals surface area contributed by atoms with Crippen LogP contribution in [0.4, 0.5) is 4.39 Å². The summed E-state index contributed by atoms with van der Waals surface area (Å²) in [5.74, 6) is -0.113. The normalized spacial score (nSPS) is 27.2. The van der Waals surface area contributed by atoms with Crippen LogP contribution >= 0.6 is 0 Å². The molecule has 2 atom stereocenters. The first-order valence-electron chi connectivity index (χ1n) is 15.7. The third kappa shape index (κ3) is 6.94. The molecule has 41 heavy (non-hydrogen) atoms. The van der Waals surface area contributed by atoms with Crippen molar-refractivity contribution in [3.05, 3.63) is 35.6 Å². The van der Waals surface area contributed by atoms with Crippen LogP contribution in [0.15, 0.2) is 24.3 Å². The molecule has 0 radical (unpaired) electrons. The second kappa shape index (κ2) is 12.4. The number of halogens is 1. The Morgan fingerprint density at radius 2 is 1.59 bits per heavy atom. The van der Waals surface area contributed by atoms with Crippen molar-refractivity contribution in [1.29, 1.82) is 0 Å². The van der Waals surface area contributed by atoms with E-state index in [1.54, 1.807) is 12.1 Å². The van der Waals surface area contributed by atoms with Crippen LogP contribution in [0.2, 0.25) is 0 Å². The van der Waals surface area contributed by atoms with Crippen LogP contribution in [0.5, 0.6) is 0 Å². The number of carbonyl (C=O) groups excluding carboxylic acids is 3. The van der Waals surface area contributed by atoms with E-state index in [0.717, 1.165) is 57.4 Å². The maximum absolute atomic E-state index is 14.0. The van der Waals surface area contributed by atoms with Gasteiger partial charge in [-0.05, 0) is 70.1 Å². The number of carbonyl (C=O) groups is 3. The highest BCUT2D eigenvalue weighted by Crippen LogP contribution is 2.46. The minimum Gasteiger partial charge on any atom is -0.351 e. The van der Waals surface area contributed by atoms with Gasteiger partial charge in [0, 0.05) is 57.8 Å². The number of fused-ring (bicyclic) bond motifs is 3.